The fraction of sp³-hybridized carbons (Fsp3) is 0.444. The molecule has 1 amide bonds. The topological polar surface area (TPSA) is 88.5 Å². The second-order valence-corrected chi connectivity index (χ2v) is 9.48. The minimum atomic E-state index is -3.57. The van der Waals surface area contributed by atoms with E-state index in [0.717, 1.165) is 41.9 Å². The van der Waals surface area contributed by atoms with Crippen LogP contribution in [0.25, 0.3) is 0 Å². The fourth-order valence-corrected chi connectivity index (χ4v) is 5.36. The average molecular weight is 410 g/mol. The van der Waals surface area contributed by atoms with Crippen LogP contribution in [0.4, 0.5) is 5.69 Å². The number of carbonyl (C=O) groups excluding carboxylic acids is 1. The highest BCUT2D eigenvalue weighted by molar-refractivity contribution is 7.89. The van der Waals surface area contributed by atoms with Gasteiger partial charge in [-0.2, -0.15) is 4.31 Å². The molecule has 0 saturated carbocycles. The Morgan fingerprint density at radius 2 is 1.89 bits per heavy atom. The lowest BCUT2D eigenvalue weighted by atomic mass is 10.2. The first kappa shape index (κ1) is 19.8. The first-order valence-electron chi connectivity index (χ1n) is 8.84. The third-order valence-corrected chi connectivity index (χ3v) is 7.49. The zero-order valence-electron chi connectivity index (χ0n) is 15.4. The molecule has 0 bridgehead atoms. The second kappa shape index (κ2) is 7.95. The van der Waals surface area contributed by atoms with Gasteiger partial charge in [-0.05, 0) is 44.4 Å². The van der Waals surface area contributed by atoms with Crippen molar-refractivity contribution in [1.82, 2.24) is 8.87 Å². The monoisotopic (exact) mass is 409 g/mol. The van der Waals surface area contributed by atoms with Gasteiger partial charge in [0.15, 0.2) is 0 Å². The summed E-state index contributed by atoms with van der Waals surface area (Å²) in [4.78, 5) is 24.1. The zero-order chi connectivity index (χ0) is 19.6. The maximum Gasteiger partial charge on any atom is 0.307 e. The minimum absolute atomic E-state index is 0.100. The van der Waals surface area contributed by atoms with Crippen LogP contribution in [0.5, 0.6) is 0 Å². The molecule has 1 fully saturated rings. The molecule has 1 aliphatic heterocycles. The molecule has 27 heavy (non-hydrogen) atoms. The number of aryl methyl sites for hydroxylation is 2. The Morgan fingerprint density at radius 1 is 1.19 bits per heavy atom. The molecule has 0 spiro atoms. The molecule has 9 heteroatoms. The average Bonchev–Trinajstić information content (AvgIpc) is 2.96. The van der Waals surface area contributed by atoms with Gasteiger partial charge in [0, 0.05) is 29.9 Å². The van der Waals surface area contributed by atoms with Crippen LogP contribution in [0, 0.1) is 13.8 Å². The van der Waals surface area contributed by atoms with E-state index < -0.39 is 10.0 Å². The number of thiazole rings is 1. The molecular formula is C18H23N3O4S2. The van der Waals surface area contributed by atoms with E-state index in [0.29, 0.717) is 18.8 Å². The number of aromatic nitrogens is 1. The van der Waals surface area contributed by atoms with Gasteiger partial charge in [-0.1, -0.05) is 23.8 Å². The van der Waals surface area contributed by atoms with Crippen molar-refractivity contribution in [3.05, 3.63) is 44.5 Å². The van der Waals surface area contributed by atoms with Crippen molar-refractivity contribution >= 4 is 33.0 Å². The van der Waals surface area contributed by atoms with Gasteiger partial charge >= 0.3 is 4.87 Å². The molecule has 146 valence electrons. The first-order valence-corrected chi connectivity index (χ1v) is 11.2. The van der Waals surface area contributed by atoms with Crippen molar-refractivity contribution in [3.8, 4) is 0 Å². The van der Waals surface area contributed by atoms with Crippen LogP contribution in [0.3, 0.4) is 0 Å². The molecule has 0 aliphatic carbocycles. The van der Waals surface area contributed by atoms with E-state index in [1.165, 1.54) is 14.9 Å². The number of benzene rings is 1. The molecule has 7 nitrogen and oxygen atoms in total. The normalized spacial score (nSPS) is 15.6. The lowest BCUT2D eigenvalue weighted by Gasteiger charge is -2.26. The summed E-state index contributed by atoms with van der Waals surface area (Å²) in [7, 11) is -3.57. The van der Waals surface area contributed by atoms with Crippen LogP contribution in [0.2, 0.25) is 0 Å². The van der Waals surface area contributed by atoms with E-state index >= 15 is 0 Å². The predicted molar refractivity (Wildman–Crippen MR) is 106 cm³/mol. The number of sulfonamides is 1. The summed E-state index contributed by atoms with van der Waals surface area (Å²) in [6, 6.07) is 4.76. The maximum absolute atomic E-state index is 12.9. The second-order valence-electron chi connectivity index (χ2n) is 6.72. The third kappa shape index (κ3) is 4.31. The quantitative estimate of drug-likeness (QED) is 0.821. The number of rotatable bonds is 5. The lowest BCUT2D eigenvalue weighted by Crippen LogP contribution is -2.35. The smallest absolute Gasteiger partial charge is 0.307 e. The molecule has 1 aromatic heterocycles. The van der Waals surface area contributed by atoms with E-state index in [1.54, 1.807) is 31.4 Å². The van der Waals surface area contributed by atoms with Crippen LogP contribution >= 0.6 is 11.3 Å². The Hall–Kier alpha value is -1.97. The van der Waals surface area contributed by atoms with Crippen LogP contribution in [-0.2, 0) is 21.4 Å². The van der Waals surface area contributed by atoms with E-state index in [-0.39, 0.29) is 22.2 Å². The molecule has 0 atom stereocenters. The summed E-state index contributed by atoms with van der Waals surface area (Å²) in [5.41, 5.74) is 1.92. The molecule has 2 heterocycles. The Labute approximate surface area is 162 Å². The molecular weight excluding hydrogens is 386 g/mol. The molecule has 1 N–H and O–H groups in total. The van der Waals surface area contributed by atoms with Crippen molar-refractivity contribution < 1.29 is 13.2 Å². The lowest BCUT2D eigenvalue weighted by molar-refractivity contribution is -0.116. The van der Waals surface area contributed by atoms with E-state index in [2.05, 4.69) is 5.32 Å². The number of piperidine rings is 1. The van der Waals surface area contributed by atoms with Gasteiger partial charge in [0.05, 0.1) is 4.90 Å². The number of carbonyl (C=O) groups is 1. The molecule has 1 saturated heterocycles. The third-order valence-electron chi connectivity index (χ3n) is 4.71. The molecule has 1 aromatic carbocycles. The van der Waals surface area contributed by atoms with Gasteiger partial charge in [0.1, 0.15) is 6.54 Å². The molecule has 0 unspecified atom stereocenters. The number of amides is 1. The summed E-state index contributed by atoms with van der Waals surface area (Å²) in [5, 5.41) is 4.44. The number of anilines is 1. The summed E-state index contributed by atoms with van der Waals surface area (Å²) in [6.07, 6.45) is 2.77. The molecule has 1 aliphatic rings. The number of hydrogen-bond donors (Lipinski definition) is 1. The largest absolute Gasteiger partial charge is 0.324 e. The standard InChI is InChI=1S/C18H23N3O4S2/c1-13-6-7-15(27(24,25)20-8-4-3-5-9-20)10-16(13)19-17(22)11-21-14(2)12-26-18(21)23/h6-7,10,12H,3-5,8-9,11H2,1-2H3,(H,19,22). The summed E-state index contributed by atoms with van der Waals surface area (Å²) < 4.78 is 28.6. The number of nitrogens with one attached hydrogen (secondary N) is 1. The van der Waals surface area contributed by atoms with Crippen LogP contribution in [-0.4, -0.2) is 36.3 Å². The molecule has 0 radical (unpaired) electrons. The van der Waals surface area contributed by atoms with Crippen LogP contribution < -0.4 is 10.2 Å². The Balaban J connectivity index is 1.81. The first-order chi connectivity index (χ1) is 12.8. The van der Waals surface area contributed by atoms with E-state index in [4.69, 9.17) is 0 Å². The summed E-state index contributed by atoms with van der Waals surface area (Å²) >= 11 is 1.05. The maximum atomic E-state index is 12.9. The van der Waals surface area contributed by atoms with Gasteiger partial charge in [-0.15, -0.1) is 0 Å². The van der Waals surface area contributed by atoms with Gasteiger partial charge in [-0.3, -0.25) is 14.2 Å². The van der Waals surface area contributed by atoms with Crippen LogP contribution in [0.1, 0.15) is 30.5 Å². The van der Waals surface area contributed by atoms with Crippen molar-refractivity contribution in [2.45, 2.75) is 44.6 Å². The molecule has 3 rings (SSSR count). The van der Waals surface area contributed by atoms with Gasteiger partial charge < -0.3 is 5.32 Å². The Bertz CT molecular complexity index is 1000. The van der Waals surface area contributed by atoms with E-state index in [1.807, 2.05) is 0 Å². The highest BCUT2D eigenvalue weighted by atomic mass is 32.2. The number of nitrogens with zero attached hydrogens (tertiary/aromatic N) is 2. The van der Waals surface area contributed by atoms with E-state index in [9.17, 15) is 18.0 Å². The fourth-order valence-electron chi connectivity index (χ4n) is 3.08. The van der Waals surface area contributed by atoms with Crippen molar-refractivity contribution in [2.24, 2.45) is 0 Å². The van der Waals surface area contributed by atoms with Gasteiger partial charge in [0.25, 0.3) is 0 Å². The number of hydrogen-bond acceptors (Lipinski definition) is 5. The predicted octanol–water partition coefficient (Wildman–Crippen LogP) is 2.34. The highest BCUT2D eigenvalue weighted by Gasteiger charge is 2.26. The summed E-state index contributed by atoms with van der Waals surface area (Å²) in [6.45, 7) is 4.52. The highest BCUT2D eigenvalue weighted by Crippen LogP contribution is 2.25. The molecule has 2 aromatic rings. The van der Waals surface area contributed by atoms with Crippen molar-refractivity contribution in [2.75, 3.05) is 18.4 Å². The SMILES string of the molecule is Cc1ccc(S(=O)(=O)N2CCCCC2)cc1NC(=O)Cn1c(C)csc1=O. The van der Waals surface area contributed by atoms with Crippen molar-refractivity contribution in [3.63, 3.8) is 0 Å². The zero-order valence-corrected chi connectivity index (χ0v) is 17.0. The van der Waals surface area contributed by atoms with Gasteiger partial charge in [0.2, 0.25) is 15.9 Å². The van der Waals surface area contributed by atoms with Crippen LogP contribution in [0.15, 0.2) is 33.3 Å². The van der Waals surface area contributed by atoms with Crippen molar-refractivity contribution in [1.29, 1.82) is 0 Å². The summed E-state index contributed by atoms with van der Waals surface area (Å²) in [5.74, 6) is -0.366. The Morgan fingerprint density at radius 3 is 2.52 bits per heavy atom. The minimum Gasteiger partial charge on any atom is -0.324 e. The Kier molecular flexibility index (Phi) is 5.83. The van der Waals surface area contributed by atoms with Gasteiger partial charge in [-0.25, -0.2) is 8.42 Å².